The lowest BCUT2D eigenvalue weighted by molar-refractivity contribution is -0.125. The van der Waals surface area contributed by atoms with E-state index in [1.165, 1.54) is 6.07 Å². The summed E-state index contributed by atoms with van der Waals surface area (Å²) in [7, 11) is 0. The van der Waals surface area contributed by atoms with Gasteiger partial charge in [-0.1, -0.05) is 18.2 Å². The molecule has 0 aromatic heterocycles. The number of nitrogens with zero attached hydrogens (tertiary/aromatic N) is 2. The number of benzene rings is 2. The molecule has 7 nitrogen and oxygen atoms in total. The van der Waals surface area contributed by atoms with Crippen LogP contribution in [0.4, 0.5) is 14.5 Å². The maximum absolute atomic E-state index is 13.2. The van der Waals surface area contributed by atoms with Gasteiger partial charge in [0.1, 0.15) is 0 Å². The molecule has 2 aromatic rings. The average molecular weight is 416 g/mol. The molecule has 1 saturated heterocycles. The summed E-state index contributed by atoms with van der Waals surface area (Å²) in [6.45, 7) is 1.94. The molecule has 9 heteroatoms. The molecule has 2 aromatic carbocycles. The van der Waals surface area contributed by atoms with Gasteiger partial charge in [-0.15, -0.1) is 0 Å². The van der Waals surface area contributed by atoms with Gasteiger partial charge in [0.15, 0.2) is 11.6 Å². The number of halogens is 2. The van der Waals surface area contributed by atoms with Crippen molar-refractivity contribution in [1.29, 1.82) is 0 Å². The SMILES string of the molecule is O=C(CN1CCN(C(=O)c2ccccc2)CC1)NCC(=O)Nc1ccc(F)c(F)c1. The summed E-state index contributed by atoms with van der Waals surface area (Å²) in [5.74, 6) is -2.99. The van der Waals surface area contributed by atoms with Gasteiger partial charge in [-0.05, 0) is 24.3 Å². The topological polar surface area (TPSA) is 81.8 Å². The Hall–Kier alpha value is -3.33. The monoisotopic (exact) mass is 416 g/mol. The molecule has 0 radical (unpaired) electrons. The first-order valence-corrected chi connectivity index (χ1v) is 9.50. The smallest absolute Gasteiger partial charge is 0.253 e. The van der Waals surface area contributed by atoms with Crippen LogP contribution in [0.3, 0.4) is 0 Å². The lowest BCUT2D eigenvalue weighted by atomic mass is 10.2. The summed E-state index contributed by atoms with van der Waals surface area (Å²) >= 11 is 0. The van der Waals surface area contributed by atoms with Gasteiger partial charge in [0, 0.05) is 43.5 Å². The fourth-order valence-electron chi connectivity index (χ4n) is 3.09. The van der Waals surface area contributed by atoms with Gasteiger partial charge in [0.2, 0.25) is 11.8 Å². The van der Waals surface area contributed by atoms with Gasteiger partial charge in [0.25, 0.3) is 5.91 Å². The molecule has 0 unspecified atom stereocenters. The lowest BCUT2D eigenvalue weighted by Gasteiger charge is -2.34. The molecule has 158 valence electrons. The minimum atomic E-state index is -1.07. The summed E-state index contributed by atoms with van der Waals surface area (Å²) < 4.78 is 26.0. The van der Waals surface area contributed by atoms with E-state index < -0.39 is 17.5 Å². The van der Waals surface area contributed by atoms with Crippen molar-refractivity contribution >= 4 is 23.4 Å². The van der Waals surface area contributed by atoms with Gasteiger partial charge in [-0.3, -0.25) is 19.3 Å². The summed E-state index contributed by atoms with van der Waals surface area (Å²) in [5, 5.41) is 4.88. The Morgan fingerprint density at radius 3 is 2.23 bits per heavy atom. The number of carbonyl (C=O) groups excluding carboxylic acids is 3. The average Bonchev–Trinajstić information content (AvgIpc) is 2.75. The molecule has 0 aliphatic carbocycles. The molecule has 1 heterocycles. The molecule has 3 amide bonds. The van der Waals surface area contributed by atoms with Crippen molar-refractivity contribution in [1.82, 2.24) is 15.1 Å². The maximum atomic E-state index is 13.2. The predicted molar refractivity (Wildman–Crippen MR) is 107 cm³/mol. The van der Waals surface area contributed by atoms with E-state index in [0.717, 1.165) is 12.1 Å². The zero-order chi connectivity index (χ0) is 21.5. The second-order valence-corrected chi connectivity index (χ2v) is 6.89. The van der Waals surface area contributed by atoms with E-state index in [-0.39, 0.29) is 30.6 Å². The standard InChI is InChI=1S/C21H22F2N4O3/c22-17-7-6-16(12-18(17)23)25-19(28)13-24-20(29)14-26-8-10-27(11-9-26)21(30)15-4-2-1-3-5-15/h1-7,12H,8-11,13-14H2,(H,24,29)(H,25,28). The van der Waals surface area contributed by atoms with Crippen LogP contribution in [0, 0.1) is 11.6 Å². The minimum absolute atomic E-state index is 0.0337. The Kier molecular flexibility index (Phi) is 7.08. The molecule has 0 atom stereocenters. The molecule has 1 fully saturated rings. The van der Waals surface area contributed by atoms with Crippen molar-refractivity contribution in [3.63, 3.8) is 0 Å². The number of nitrogens with one attached hydrogen (secondary N) is 2. The fraction of sp³-hybridized carbons (Fsp3) is 0.286. The highest BCUT2D eigenvalue weighted by Crippen LogP contribution is 2.13. The molecule has 3 rings (SSSR count). The van der Waals surface area contributed by atoms with Crippen molar-refractivity contribution < 1.29 is 23.2 Å². The number of hydrogen-bond donors (Lipinski definition) is 2. The van der Waals surface area contributed by atoms with Crippen molar-refractivity contribution in [2.45, 2.75) is 0 Å². The first-order chi connectivity index (χ1) is 14.4. The zero-order valence-corrected chi connectivity index (χ0v) is 16.2. The third-order valence-electron chi connectivity index (χ3n) is 4.70. The van der Waals surface area contributed by atoms with Gasteiger partial charge in [0.05, 0.1) is 13.1 Å². The van der Waals surface area contributed by atoms with Gasteiger partial charge in [-0.2, -0.15) is 0 Å². The largest absolute Gasteiger partial charge is 0.346 e. The zero-order valence-electron chi connectivity index (χ0n) is 16.2. The Balaban J connectivity index is 1.38. The first kappa shape index (κ1) is 21.4. The van der Waals surface area contributed by atoms with Crippen molar-refractivity contribution in [3.05, 3.63) is 65.7 Å². The van der Waals surface area contributed by atoms with Gasteiger partial charge in [-0.25, -0.2) is 8.78 Å². The van der Waals surface area contributed by atoms with Crippen LogP contribution in [0.1, 0.15) is 10.4 Å². The third-order valence-corrected chi connectivity index (χ3v) is 4.70. The Bertz CT molecular complexity index is 916. The van der Waals surface area contributed by atoms with Crippen LogP contribution in [-0.4, -0.2) is 66.8 Å². The van der Waals surface area contributed by atoms with Crippen LogP contribution in [-0.2, 0) is 9.59 Å². The molecule has 1 aliphatic heterocycles. The molecular formula is C21H22F2N4O3. The van der Waals surface area contributed by atoms with E-state index in [1.807, 2.05) is 23.1 Å². The second-order valence-electron chi connectivity index (χ2n) is 6.89. The number of amides is 3. The summed E-state index contributed by atoms with van der Waals surface area (Å²) in [4.78, 5) is 40.0. The second kappa shape index (κ2) is 9.93. The molecule has 0 bridgehead atoms. The minimum Gasteiger partial charge on any atom is -0.346 e. The predicted octanol–water partition coefficient (Wildman–Crippen LogP) is 1.48. The Labute approximate surface area is 172 Å². The van der Waals surface area contributed by atoms with Crippen LogP contribution in [0.5, 0.6) is 0 Å². The molecule has 2 N–H and O–H groups in total. The normalized spacial score (nSPS) is 14.3. The van der Waals surface area contributed by atoms with E-state index >= 15 is 0 Å². The number of anilines is 1. The van der Waals surface area contributed by atoms with Crippen molar-refractivity contribution in [3.8, 4) is 0 Å². The Morgan fingerprint density at radius 2 is 1.57 bits per heavy atom. The number of hydrogen-bond acceptors (Lipinski definition) is 4. The third kappa shape index (κ3) is 5.84. The van der Waals surface area contributed by atoms with E-state index in [2.05, 4.69) is 10.6 Å². The van der Waals surface area contributed by atoms with Crippen molar-refractivity contribution in [2.24, 2.45) is 0 Å². The van der Waals surface area contributed by atoms with E-state index in [0.29, 0.717) is 31.7 Å². The fourth-order valence-corrected chi connectivity index (χ4v) is 3.09. The Morgan fingerprint density at radius 1 is 0.867 bits per heavy atom. The van der Waals surface area contributed by atoms with E-state index in [4.69, 9.17) is 0 Å². The van der Waals surface area contributed by atoms with Crippen LogP contribution in [0.2, 0.25) is 0 Å². The summed E-state index contributed by atoms with van der Waals surface area (Å²) in [6.07, 6.45) is 0. The van der Waals surface area contributed by atoms with Crippen LogP contribution in [0.25, 0.3) is 0 Å². The highest BCUT2D eigenvalue weighted by Gasteiger charge is 2.23. The summed E-state index contributed by atoms with van der Waals surface area (Å²) in [5.41, 5.74) is 0.739. The number of carbonyl (C=O) groups is 3. The lowest BCUT2D eigenvalue weighted by Crippen LogP contribution is -2.51. The van der Waals surface area contributed by atoms with Crippen LogP contribution in [0.15, 0.2) is 48.5 Å². The van der Waals surface area contributed by atoms with E-state index in [1.54, 1.807) is 17.0 Å². The highest BCUT2D eigenvalue weighted by atomic mass is 19.2. The van der Waals surface area contributed by atoms with Crippen LogP contribution >= 0.6 is 0 Å². The molecule has 0 saturated carbocycles. The maximum Gasteiger partial charge on any atom is 0.253 e. The first-order valence-electron chi connectivity index (χ1n) is 9.50. The number of piperazine rings is 1. The molecular weight excluding hydrogens is 394 g/mol. The van der Waals surface area contributed by atoms with Gasteiger partial charge >= 0.3 is 0 Å². The molecule has 1 aliphatic rings. The highest BCUT2D eigenvalue weighted by molar-refractivity contribution is 5.95. The summed E-state index contributed by atoms with van der Waals surface area (Å²) in [6, 6.07) is 12.0. The van der Waals surface area contributed by atoms with Gasteiger partial charge < -0.3 is 15.5 Å². The van der Waals surface area contributed by atoms with Crippen molar-refractivity contribution in [2.75, 3.05) is 44.6 Å². The molecule has 0 spiro atoms. The quantitative estimate of drug-likeness (QED) is 0.748. The van der Waals surface area contributed by atoms with Crippen LogP contribution < -0.4 is 10.6 Å². The number of rotatable bonds is 6. The molecule has 30 heavy (non-hydrogen) atoms. The van der Waals surface area contributed by atoms with E-state index in [9.17, 15) is 23.2 Å².